The van der Waals surface area contributed by atoms with Crippen LogP contribution < -0.4 is 20.7 Å². The summed E-state index contributed by atoms with van der Waals surface area (Å²) in [5.74, 6) is 1.09. The first-order valence-corrected chi connectivity index (χ1v) is 8.29. The Kier molecular flexibility index (Phi) is 5.56. The predicted molar refractivity (Wildman–Crippen MR) is 91.7 cm³/mol. The number of benzene rings is 1. The van der Waals surface area contributed by atoms with Crippen molar-refractivity contribution in [1.82, 2.24) is 16.0 Å². The monoisotopic (exact) mass is 343 g/mol. The van der Waals surface area contributed by atoms with Crippen LogP contribution in [0.2, 0.25) is 0 Å². The number of amides is 3. The molecule has 0 fully saturated rings. The first-order valence-electron chi connectivity index (χ1n) is 8.29. The predicted octanol–water partition coefficient (Wildman–Crippen LogP) is 1.87. The minimum Gasteiger partial charge on any atom is -0.493 e. The van der Waals surface area contributed by atoms with Crippen LogP contribution in [-0.4, -0.2) is 38.2 Å². The Bertz CT molecular complexity index is 715. The van der Waals surface area contributed by atoms with E-state index in [2.05, 4.69) is 16.0 Å². The van der Waals surface area contributed by atoms with Crippen LogP contribution in [0.1, 0.15) is 28.5 Å². The van der Waals surface area contributed by atoms with Crippen molar-refractivity contribution in [2.24, 2.45) is 0 Å². The number of hydrogen-bond acceptors (Lipinski definition) is 4. The van der Waals surface area contributed by atoms with Crippen molar-refractivity contribution < 1.29 is 18.7 Å². The van der Waals surface area contributed by atoms with Crippen LogP contribution in [-0.2, 0) is 0 Å². The number of para-hydroxylation sites is 1. The maximum atomic E-state index is 11.9. The summed E-state index contributed by atoms with van der Waals surface area (Å²) >= 11 is 0. The lowest BCUT2D eigenvalue weighted by molar-refractivity contribution is 0.0926. The molecule has 1 aromatic heterocycles. The van der Waals surface area contributed by atoms with E-state index in [0.717, 1.165) is 17.7 Å². The van der Waals surface area contributed by atoms with Crippen molar-refractivity contribution in [3.63, 3.8) is 0 Å². The average Bonchev–Trinajstić information content (AvgIpc) is 3.18. The zero-order valence-corrected chi connectivity index (χ0v) is 13.8. The molecular weight excluding hydrogens is 322 g/mol. The zero-order valence-electron chi connectivity index (χ0n) is 13.8. The number of rotatable bonds is 6. The first kappa shape index (κ1) is 16.9. The molecule has 2 aromatic rings. The second-order valence-corrected chi connectivity index (χ2v) is 5.74. The smallest absolute Gasteiger partial charge is 0.314 e. The van der Waals surface area contributed by atoms with Crippen LogP contribution >= 0.6 is 0 Å². The fourth-order valence-corrected chi connectivity index (χ4v) is 2.75. The van der Waals surface area contributed by atoms with Crippen LogP contribution in [0, 0.1) is 0 Å². The molecule has 7 nitrogen and oxygen atoms in total. The van der Waals surface area contributed by atoms with Gasteiger partial charge in [-0.15, -0.1) is 0 Å². The van der Waals surface area contributed by atoms with Gasteiger partial charge in [0, 0.05) is 25.6 Å². The molecular formula is C18H21N3O4. The van der Waals surface area contributed by atoms with Gasteiger partial charge in [-0.3, -0.25) is 4.79 Å². The molecule has 0 radical (unpaired) electrons. The van der Waals surface area contributed by atoms with Gasteiger partial charge >= 0.3 is 6.03 Å². The van der Waals surface area contributed by atoms with Gasteiger partial charge in [-0.2, -0.15) is 0 Å². The number of ether oxygens (including phenoxy) is 1. The van der Waals surface area contributed by atoms with Gasteiger partial charge in [-0.05, 0) is 30.2 Å². The van der Waals surface area contributed by atoms with Crippen LogP contribution in [0.25, 0.3) is 0 Å². The molecule has 0 aliphatic carbocycles. The van der Waals surface area contributed by atoms with Crippen molar-refractivity contribution in [2.75, 3.05) is 26.2 Å². The molecule has 3 N–H and O–H groups in total. The molecule has 7 heteroatoms. The van der Waals surface area contributed by atoms with Crippen molar-refractivity contribution in [3.8, 4) is 5.75 Å². The van der Waals surface area contributed by atoms with Crippen LogP contribution in [0.3, 0.4) is 0 Å². The lowest BCUT2D eigenvalue weighted by Gasteiger charge is -2.26. The minimum atomic E-state index is -0.300. The van der Waals surface area contributed by atoms with Gasteiger partial charge in [-0.25, -0.2) is 4.79 Å². The molecule has 1 aromatic carbocycles. The highest BCUT2D eigenvalue weighted by atomic mass is 16.5. The minimum absolute atomic E-state index is 0.245. The van der Waals surface area contributed by atoms with E-state index in [0.29, 0.717) is 26.2 Å². The normalized spacial score (nSPS) is 15.6. The summed E-state index contributed by atoms with van der Waals surface area (Å²) in [6.45, 7) is 1.87. The van der Waals surface area contributed by atoms with Crippen LogP contribution in [0.5, 0.6) is 5.75 Å². The molecule has 0 unspecified atom stereocenters. The first-order chi connectivity index (χ1) is 12.2. The molecule has 0 bridgehead atoms. The Labute approximate surface area is 145 Å². The lowest BCUT2D eigenvalue weighted by Crippen LogP contribution is -2.42. The third kappa shape index (κ3) is 4.53. The molecule has 2 heterocycles. The molecule has 132 valence electrons. The van der Waals surface area contributed by atoms with E-state index in [4.69, 9.17) is 9.15 Å². The summed E-state index contributed by atoms with van der Waals surface area (Å²) in [6.07, 6.45) is 2.31. The van der Waals surface area contributed by atoms with Crippen molar-refractivity contribution in [1.29, 1.82) is 0 Å². The summed E-state index contributed by atoms with van der Waals surface area (Å²) in [7, 11) is 0. The van der Waals surface area contributed by atoms with Crippen LogP contribution in [0.4, 0.5) is 4.79 Å². The highest BCUT2D eigenvalue weighted by Crippen LogP contribution is 2.32. The number of fused-ring (bicyclic) bond motifs is 1. The number of carbonyl (C=O) groups excluding carboxylic acids is 2. The molecule has 1 aliphatic heterocycles. The maximum Gasteiger partial charge on any atom is 0.314 e. The van der Waals surface area contributed by atoms with Gasteiger partial charge in [0.15, 0.2) is 5.76 Å². The summed E-state index contributed by atoms with van der Waals surface area (Å²) in [5, 5.41) is 8.26. The molecule has 0 saturated carbocycles. The standard InChI is InChI=1S/C18H21N3O4/c22-17(16-6-3-10-24-16)19-8-9-20-18(23)21-12-13-7-11-25-15-5-2-1-4-14(13)15/h1-6,10,13H,7-9,11-12H2,(H,19,22)(H2,20,21,23)/t13-/m0/s1. The Balaban J connectivity index is 1.36. The maximum absolute atomic E-state index is 11.9. The number of hydrogen-bond donors (Lipinski definition) is 3. The number of nitrogens with one attached hydrogen (secondary N) is 3. The van der Waals surface area contributed by atoms with Crippen molar-refractivity contribution in [3.05, 3.63) is 54.0 Å². The molecule has 0 saturated heterocycles. The molecule has 0 spiro atoms. The Morgan fingerprint density at radius 2 is 1.88 bits per heavy atom. The largest absolute Gasteiger partial charge is 0.493 e. The highest BCUT2D eigenvalue weighted by Gasteiger charge is 2.21. The van der Waals surface area contributed by atoms with Gasteiger partial charge in [0.25, 0.3) is 5.91 Å². The number of furan rings is 1. The molecule has 3 rings (SSSR count). The van der Waals surface area contributed by atoms with E-state index in [1.807, 2.05) is 24.3 Å². The van der Waals surface area contributed by atoms with Gasteiger partial charge in [0.2, 0.25) is 0 Å². The second-order valence-electron chi connectivity index (χ2n) is 5.74. The van der Waals surface area contributed by atoms with Crippen molar-refractivity contribution >= 4 is 11.9 Å². The van der Waals surface area contributed by atoms with Gasteiger partial charge in [0.1, 0.15) is 5.75 Å². The fourth-order valence-electron chi connectivity index (χ4n) is 2.75. The topological polar surface area (TPSA) is 92.6 Å². The third-order valence-corrected chi connectivity index (χ3v) is 4.03. The summed E-state index contributed by atoms with van der Waals surface area (Å²) in [5.41, 5.74) is 1.12. The fraction of sp³-hybridized carbons (Fsp3) is 0.333. The molecule has 3 amide bonds. The van der Waals surface area contributed by atoms with E-state index in [1.165, 1.54) is 6.26 Å². The Morgan fingerprint density at radius 3 is 2.72 bits per heavy atom. The summed E-state index contributed by atoms with van der Waals surface area (Å²) in [4.78, 5) is 23.5. The highest BCUT2D eigenvalue weighted by molar-refractivity contribution is 5.91. The quantitative estimate of drug-likeness (QED) is 0.698. The van der Waals surface area contributed by atoms with E-state index >= 15 is 0 Å². The lowest BCUT2D eigenvalue weighted by atomic mass is 9.93. The van der Waals surface area contributed by atoms with Crippen LogP contribution in [0.15, 0.2) is 47.1 Å². The molecule has 1 aliphatic rings. The van der Waals surface area contributed by atoms with Crippen molar-refractivity contribution in [2.45, 2.75) is 12.3 Å². The SMILES string of the molecule is O=C(NCCNC(=O)c1ccco1)NC[C@@H]1CCOc2ccccc21. The number of urea groups is 1. The van der Waals surface area contributed by atoms with Gasteiger partial charge in [-0.1, -0.05) is 18.2 Å². The van der Waals surface area contributed by atoms with E-state index in [1.54, 1.807) is 12.1 Å². The Hall–Kier alpha value is -2.96. The Morgan fingerprint density at radius 1 is 1.04 bits per heavy atom. The second kappa shape index (κ2) is 8.23. The molecule has 1 atom stereocenters. The summed E-state index contributed by atoms with van der Waals surface area (Å²) in [6, 6.07) is 10.9. The molecule has 25 heavy (non-hydrogen) atoms. The van der Waals surface area contributed by atoms with E-state index < -0.39 is 0 Å². The van der Waals surface area contributed by atoms with Gasteiger partial charge in [0.05, 0.1) is 12.9 Å². The zero-order chi connectivity index (χ0) is 17.5. The average molecular weight is 343 g/mol. The third-order valence-electron chi connectivity index (χ3n) is 4.03. The van der Waals surface area contributed by atoms with E-state index in [9.17, 15) is 9.59 Å². The summed E-state index contributed by atoms with van der Waals surface area (Å²) < 4.78 is 10.6. The van der Waals surface area contributed by atoms with E-state index in [-0.39, 0.29) is 23.6 Å². The van der Waals surface area contributed by atoms with Gasteiger partial charge < -0.3 is 25.1 Å². The number of carbonyl (C=O) groups is 2.